The molecule has 3 nitrogen and oxygen atoms in total. The van der Waals surface area contributed by atoms with Crippen LogP contribution in [0, 0.1) is 0 Å². The quantitative estimate of drug-likeness (QED) is 0.861. The Bertz CT molecular complexity index is 464. The minimum atomic E-state index is 0.157. The van der Waals surface area contributed by atoms with Crippen LogP contribution in [0.1, 0.15) is 30.9 Å². The molecule has 2 aliphatic rings. The summed E-state index contributed by atoms with van der Waals surface area (Å²) in [7, 11) is 0. The van der Waals surface area contributed by atoms with E-state index in [-0.39, 0.29) is 5.91 Å². The van der Waals surface area contributed by atoms with Gasteiger partial charge in [0, 0.05) is 25.2 Å². The Morgan fingerprint density at radius 1 is 1.50 bits per heavy atom. The number of nitrogens with zero attached hydrogens (tertiary/aromatic N) is 1. The zero-order valence-electron chi connectivity index (χ0n) is 10.9. The van der Waals surface area contributed by atoms with Gasteiger partial charge in [-0.15, -0.1) is 0 Å². The van der Waals surface area contributed by atoms with Gasteiger partial charge >= 0.3 is 0 Å². The van der Waals surface area contributed by atoms with Crippen LogP contribution in [0.5, 0.6) is 0 Å². The molecular formula is C15H20N2O. The Labute approximate surface area is 108 Å². The van der Waals surface area contributed by atoms with Crippen LogP contribution >= 0.6 is 0 Å². The fourth-order valence-corrected chi connectivity index (χ4v) is 3.22. The zero-order chi connectivity index (χ0) is 12.5. The van der Waals surface area contributed by atoms with E-state index in [2.05, 4.69) is 23.5 Å². The van der Waals surface area contributed by atoms with E-state index in [1.165, 1.54) is 24.0 Å². The van der Waals surface area contributed by atoms with Crippen LogP contribution in [0.15, 0.2) is 18.2 Å². The molecule has 2 aliphatic heterocycles. The molecule has 96 valence electrons. The highest BCUT2D eigenvalue weighted by atomic mass is 16.2. The van der Waals surface area contributed by atoms with Crippen molar-refractivity contribution >= 4 is 11.6 Å². The second-order valence-electron chi connectivity index (χ2n) is 5.33. The van der Waals surface area contributed by atoms with Crippen molar-refractivity contribution in [2.24, 2.45) is 0 Å². The van der Waals surface area contributed by atoms with Gasteiger partial charge in [-0.3, -0.25) is 4.79 Å². The molecule has 1 atom stereocenters. The van der Waals surface area contributed by atoms with Crippen molar-refractivity contribution in [1.82, 2.24) is 5.32 Å². The Kier molecular flexibility index (Phi) is 3.08. The Hall–Kier alpha value is -1.35. The minimum Gasteiger partial charge on any atom is -0.314 e. The molecular weight excluding hydrogens is 224 g/mol. The first-order valence-electron chi connectivity index (χ1n) is 6.88. The number of hydrogen-bond acceptors (Lipinski definition) is 2. The number of rotatable bonds is 2. The maximum absolute atomic E-state index is 11.6. The number of carbonyl (C=O) groups excluding carboxylic acids is 1. The van der Waals surface area contributed by atoms with Crippen LogP contribution < -0.4 is 10.2 Å². The van der Waals surface area contributed by atoms with Crippen molar-refractivity contribution in [3.05, 3.63) is 29.3 Å². The number of fused-ring (bicyclic) bond motifs is 1. The van der Waals surface area contributed by atoms with Gasteiger partial charge in [-0.05, 0) is 49.4 Å². The lowest BCUT2D eigenvalue weighted by molar-refractivity contribution is -0.116. The lowest BCUT2D eigenvalue weighted by Crippen LogP contribution is -2.25. The number of carbonyl (C=O) groups is 1. The monoisotopic (exact) mass is 244 g/mol. The summed E-state index contributed by atoms with van der Waals surface area (Å²) in [6, 6.07) is 7.02. The fraction of sp³-hybridized carbons (Fsp3) is 0.533. The third kappa shape index (κ3) is 2.03. The highest BCUT2D eigenvalue weighted by Gasteiger charge is 2.25. The second-order valence-corrected chi connectivity index (χ2v) is 5.33. The van der Waals surface area contributed by atoms with Crippen molar-refractivity contribution in [1.29, 1.82) is 0 Å². The van der Waals surface area contributed by atoms with Crippen LogP contribution in [0.3, 0.4) is 0 Å². The summed E-state index contributed by atoms with van der Waals surface area (Å²) in [6.45, 7) is 3.65. The van der Waals surface area contributed by atoms with Gasteiger partial charge < -0.3 is 10.2 Å². The molecule has 0 aliphatic carbocycles. The standard InChI is InChI=1S/C15H20N2O/c1-11(18)17-9-7-14-12(4-2-6-15(14)17)10-13-5-3-8-16-13/h2,4,6,13,16H,3,5,7-10H2,1H3. The van der Waals surface area contributed by atoms with Gasteiger partial charge in [0.25, 0.3) is 0 Å². The number of benzene rings is 1. The molecule has 0 aromatic heterocycles. The van der Waals surface area contributed by atoms with Gasteiger partial charge in [0.1, 0.15) is 0 Å². The minimum absolute atomic E-state index is 0.157. The number of amides is 1. The molecule has 3 heteroatoms. The molecule has 18 heavy (non-hydrogen) atoms. The van der Waals surface area contributed by atoms with Crippen LogP contribution in [-0.4, -0.2) is 25.0 Å². The van der Waals surface area contributed by atoms with Crippen molar-refractivity contribution in [3.8, 4) is 0 Å². The van der Waals surface area contributed by atoms with Crippen LogP contribution in [0.25, 0.3) is 0 Å². The summed E-state index contributed by atoms with van der Waals surface area (Å²) in [6.07, 6.45) is 4.69. The SMILES string of the molecule is CC(=O)N1CCc2c(CC3CCCN3)cccc21. The first kappa shape index (κ1) is 11.7. The zero-order valence-corrected chi connectivity index (χ0v) is 10.9. The average molecular weight is 244 g/mol. The molecule has 0 spiro atoms. The van der Waals surface area contributed by atoms with Gasteiger partial charge in [-0.25, -0.2) is 0 Å². The maximum Gasteiger partial charge on any atom is 0.223 e. The summed E-state index contributed by atoms with van der Waals surface area (Å²) in [5, 5.41) is 3.55. The van der Waals surface area contributed by atoms with E-state index in [1.54, 1.807) is 6.92 Å². The van der Waals surface area contributed by atoms with E-state index in [9.17, 15) is 4.79 Å². The second kappa shape index (κ2) is 4.73. The van der Waals surface area contributed by atoms with Gasteiger partial charge in [-0.1, -0.05) is 12.1 Å². The van der Waals surface area contributed by atoms with Crippen molar-refractivity contribution < 1.29 is 4.79 Å². The Balaban J connectivity index is 1.86. The van der Waals surface area contributed by atoms with Crippen LogP contribution in [0.2, 0.25) is 0 Å². The maximum atomic E-state index is 11.6. The van der Waals surface area contributed by atoms with Gasteiger partial charge in [-0.2, -0.15) is 0 Å². The highest BCUT2D eigenvalue weighted by Crippen LogP contribution is 2.31. The molecule has 1 unspecified atom stereocenters. The van der Waals surface area contributed by atoms with E-state index in [0.29, 0.717) is 6.04 Å². The molecule has 1 saturated heterocycles. The first-order valence-corrected chi connectivity index (χ1v) is 6.88. The molecule has 1 N–H and O–H groups in total. The molecule has 3 rings (SSSR count). The largest absolute Gasteiger partial charge is 0.314 e. The highest BCUT2D eigenvalue weighted by molar-refractivity contribution is 5.94. The van der Waals surface area contributed by atoms with E-state index in [0.717, 1.165) is 31.6 Å². The summed E-state index contributed by atoms with van der Waals surface area (Å²) >= 11 is 0. The summed E-state index contributed by atoms with van der Waals surface area (Å²) in [4.78, 5) is 13.5. The Morgan fingerprint density at radius 3 is 3.11 bits per heavy atom. The van der Waals surface area contributed by atoms with E-state index >= 15 is 0 Å². The van der Waals surface area contributed by atoms with Crippen molar-refractivity contribution in [2.45, 2.75) is 38.6 Å². The molecule has 2 heterocycles. The molecule has 0 radical (unpaired) electrons. The predicted molar refractivity (Wildman–Crippen MR) is 72.9 cm³/mol. The summed E-state index contributed by atoms with van der Waals surface area (Å²) < 4.78 is 0. The van der Waals surface area contributed by atoms with Crippen LogP contribution in [0.4, 0.5) is 5.69 Å². The smallest absolute Gasteiger partial charge is 0.223 e. The molecule has 1 amide bonds. The lowest BCUT2D eigenvalue weighted by atomic mass is 9.98. The molecule has 0 saturated carbocycles. The Morgan fingerprint density at radius 2 is 2.39 bits per heavy atom. The van der Waals surface area contributed by atoms with Gasteiger partial charge in [0.2, 0.25) is 5.91 Å². The van der Waals surface area contributed by atoms with E-state index in [1.807, 2.05) is 4.90 Å². The molecule has 1 aromatic rings. The topological polar surface area (TPSA) is 32.3 Å². The van der Waals surface area contributed by atoms with Crippen LogP contribution in [-0.2, 0) is 17.6 Å². The van der Waals surface area contributed by atoms with E-state index < -0.39 is 0 Å². The summed E-state index contributed by atoms with van der Waals surface area (Å²) in [5.41, 5.74) is 3.95. The summed E-state index contributed by atoms with van der Waals surface area (Å²) in [5.74, 6) is 0.157. The lowest BCUT2D eigenvalue weighted by Gasteiger charge is -2.16. The fourth-order valence-electron chi connectivity index (χ4n) is 3.22. The average Bonchev–Trinajstić information content (AvgIpc) is 2.97. The number of nitrogens with one attached hydrogen (secondary N) is 1. The molecule has 0 bridgehead atoms. The number of anilines is 1. The number of hydrogen-bond donors (Lipinski definition) is 1. The molecule has 1 aromatic carbocycles. The predicted octanol–water partition coefficient (Wildman–Crippen LogP) is 1.89. The van der Waals surface area contributed by atoms with Gasteiger partial charge in [0.05, 0.1) is 0 Å². The normalized spacial score (nSPS) is 22.3. The third-order valence-corrected chi connectivity index (χ3v) is 4.13. The van der Waals surface area contributed by atoms with Gasteiger partial charge in [0.15, 0.2) is 0 Å². The first-order chi connectivity index (χ1) is 8.75. The molecule has 1 fully saturated rings. The van der Waals surface area contributed by atoms with E-state index in [4.69, 9.17) is 0 Å². The van der Waals surface area contributed by atoms with Crippen molar-refractivity contribution in [2.75, 3.05) is 18.0 Å². The van der Waals surface area contributed by atoms with Crippen molar-refractivity contribution in [3.63, 3.8) is 0 Å². The third-order valence-electron chi connectivity index (χ3n) is 4.13.